The lowest BCUT2D eigenvalue weighted by atomic mass is 9.63. The molecule has 2 aromatic heterocycles. The Bertz CT molecular complexity index is 1390. The fraction of sp³-hybridized carbons (Fsp3) is 0.409. The van der Waals surface area contributed by atoms with E-state index in [0.29, 0.717) is 18.5 Å². The first-order valence-corrected chi connectivity index (χ1v) is 11.1. The minimum atomic E-state index is -5.06. The second-order valence-electron chi connectivity index (χ2n) is 9.09. The topological polar surface area (TPSA) is 97.0 Å². The molecule has 0 unspecified atom stereocenters. The van der Waals surface area contributed by atoms with Crippen LogP contribution in [0.4, 0.5) is 45.6 Å². The summed E-state index contributed by atoms with van der Waals surface area (Å²) in [5.74, 6) is -4.96. The number of fused-ring (bicyclic) bond motifs is 2. The summed E-state index contributed by atoms with van der Waals surface area (Å²) in [7, 11) is 0. The maximum absolute atomic E-state index is 14.8. The summed E-state index contributed by atoms with van der Waals surface area (Å²) in [6.45, 7) is 1.41. The van der Waals surface area contributed by atoms with E-state index in [-0.39, 0.29) is 24.3 Å². The van der Waals surface area contributed by atoms with Gasteiger partial charge in [-0.15, -0.1) is 10.2 Å². The van der Waals surface area contributed by atoms with Gasteiger partial charge in [0.1, 0.15) is 11.4 Å². The molecule has 1 saturated heterocycles. The van der Waals surface area contributed by atoms with Crippen molar-refractivity contribution in [2.75, 3.05) is 5.32 Å². The van der Waals surface area contributed by atoms with Gasteiger partial charge in [-0.05, 0) is 25.0 Å². The van der Waals surface area contributed by atoms with E-state index in [9.17, 15) is 39.9 Å². The highest BCUT2D eigenvalue weighted by molar-refractivity contribution is 5.92. The molecule has 16 heteroatoms. The third-order valence-electron chi connectivity index (χ3n) is 6.66. The van der Waals surface area contributed by atoms with E-state index in [4.69, 9.17) is 4.42 Å². The number of nitrogens with zero attached hydrogens (tertiary/aromatic N) is 5. The minimum absolute atomic E-state index is 0.0463. The zero-order valence-corrected chi connectivity index (χ0v) is 19.2. The molecule has 3 aromatic rings. The van der Waals surface area contributed by atoms with Crippen molar-refractivity contribution in [2.45, 2.75) is 50.1 Å². The van der Waals surface area contributed by atoms with Crippen molar-refractivity contribution in [1.29, 1.82) is 0 Å². The van der Waals surface area contributed by atoms with E-state index in [1.54, 1.807) is 0 Å². The number of urea groups is 1. The predicted octanol–water partition coefficient (Wildman–Crippen LogP) is 5.61. The van der Waals surface area contributed by atoms with Crippen molar-refractivity contribution in [2.24, 2.45) is 5.92 Å². The largest absolute Gasteiger partial charge is 0.423 e. The Morgan fingerprint density at radius 2 is 1.76 bits per heavy atom. The second kappa shape index (κ2) is 8.59. The standard InChI is InChI=1S/C22H16F8N6O2/c1-9-34-35-18(38-9)20-5-10(21(25,26)27)2-12(6-20)36(20)19(37)33-16-3-13(17-31-7-11(23)8-32-17)14(4-15(16)24)22(28,29)30/h3-4,7-8,10,12H,2,5-6H2,1H3,(H,33,37)/t10-,12-,20+/m1/s1. The smallest absolute Gasteiger partial charge is 0.417 e. The molecule has 1 saturated carbocycles. The number of piperidine rings is 1. The van der Waals surface area contributed by atoms with Crippen molar-refractivity contribution < 1.29 is 44.3 Å². The van der Waals surface area contributed by atoms with Crippen LogP contribution in [-0.4, -0.2) is 43.3 Å². The van der Waals surface area contributed by atoms with Crippen LogP contribution in [0.5, 0.6) is 0 Å². The van der Waals surface area contributed by atoms with Gasteiger partial charge in [0.2, 0.25) is 11.8 Å². The number of alkyl halides is 6. The molecule has 5 rings (SSSR count). The first-order valence-electron chi connectivity index (χ1n) is 11.1. The SMILES string of the molecule is Cc1nnc([C@@]23C[C@@H](C[C@@H](C(F)(F)F)C2)N3C(=O)Nc2cc(-c3ncc(F)cn3)c(C(F)(F)F)cc2F)o1. The van der Waals surface area contributed by atoms with Gasteiger partial charge < -0.3 is 14.6 Å². The van der Waals surface area contributed by atoms with E-state index in [1.165, 1.54) is 6.92 Å². The van der Waals surface area contributed by atoms with Gasteiger partial charge in [0, 0.05) is 24.9 Å². The molecular formula is C22H16F8N6O2. The van der Waals surface area contributed by atoms with Gasteiger partial charge in [-0.2, -0.15) is 26.3 Å². The molecule has 2 bridgehead atoms. The van der Waals surface area contributed by atoms with Crippen LogP contribution in [0.1, 0.15) is 36.6 Å². The molecule has 3 atom stereocenters. The summed E-state index contributed by atoms with van der Waals surface area (Å²) in [5.41, 5.74) is -4.59. The molecule has 0 spiro atoms. The van der Waals surface area contributed by atoms with E-state index in [0.717, 1.165) is 4.90 Å². The molecule has 8 nitrogen and oxygen atoms in total. The second-order valence-corrected chi connectivity index (χ2v) is 9.09. The molecule has 1 aliphatic carbocycles. The Morgan fingerprint density at radius 1 is 1.08 bits per heavy atom. The number of rotatable bonds is 3. The van der Waals surface area contributed by atoms with Crippen molar-refractivity contribution in [3.05, 3.63) is 53.5 Å². The number of nitrogens with one attached hydrogen (secondary N) is 1. The number of amides is 2. The van der Waals surface area contributed by atoms with Crippen LogP contribution < -0.4 is 5.32 Å². The van der Waals surface area contributed by atoms with Crippen molar-refractivity contribution in [3.8, 4) is 11.4 Å². The third-order valence-corrected chi connectivity index (χ3v) is 6.66. The average Bonchev–Trinajstić information content (AvgIpc) is 3.26. The molecule has 0 radical (unpaired) electrons. The van der Waals surface area contributed by atoms with Crippen LogP contribution in [0.3, 0.4) is 0 Å². The number of hydrogen-bond acceptors (Lipinski definition) is 6. The number of anilines is 1. The lowest BCUT2D eigenvalue weighted by molar-refractivity contribution is -0.229. The molecule has 2 aliphatic rings. The van der Waals surface area contributed by atoms with E-state index in [1.807, 2.05) is 0 Å². The van der Waals surface area contributed by atoms with Gasteiger partial charge >= 0.3 is 18.4 Å². The number of aromatic nitrogens is 4. The van der Waals surface area contributed by atoms with Gasteiger partial charge in [0.15, 0.2) is 11.6 Å². The highest BCUT2D eigenvalue weighted by atomic mass is 19.4. The van der Waals surface area contributed by atoms with Crippen LogP contribution in [0.15, 0.2) is 28.9 Å². The Balaban J connectivity index is 1.51. The average molecular weight is 548 g/mol. The monoisotopic (exact) mass is 548 g/mol. The molecular weight excluding hydrogens is 532 g/mol. The third kappa shape index (κ3) is 4.30. The highest BCUT2D eigenvalue weighted by Crippen LogP contribution is 2.58. The predicted molar refractivity (Wildman–Crippen MR) is 111 cm³/mol. The van der Waals surface area contributed by atoms with Gasteiger partial charge in [0.05, 0.1) is 29.6 Å². The number of carbonyl (C=O) groups excluding carboxylic acids is 1. The lowest BCUT2D eigenvalue weighted by Gasteiger charge is -2.61. The highest BCUT2D eigenvalue weighted by Gasteiger charge is 2.66. The zero-order valence-electron chi connectivity index (χ0n) is 19.2. The summed E-state index contributed by atoms with van der Waals surface area (Å²) in [5, 5.41) is 9.57. The molecule has 38 heavy (non-hydrogen) atoms. The molecule has 2 amide bonds. The van der Waals surface area contributed by atoms with Crippen molar-refractivity contribution >= 4 is 11.7 Å². The van der Waals surface area contributed by atoms with Gasteiger partial charge in [-0.3, -0.25) is 0 Å². The summed E-state index contributed by atoms with van der Waals surface area (Å²) >= 11 is 0. The summed E-state index contributed by atoms with van der Waals surface area (Å²) < 4.78 is 115. The molecule has 3 heterocycles. The molecule has 1 aliphatic heterocycles. The number of hydrogen-bond donors (Lipinski definition) is 1. The number of likely N-dealkylation sites (tertiary alicyclic amines) is 1. The first kappa shape index (κ1) is 25.8. The molecule has 2 fully saturated rings. The van der Waals surface area contributed by atoms with Gasteiger partial charge in [0.25, 0.3) is 0 Å². The van der Waals surface area contributed by atoms with E-state index < -0.39 is 83.0 Å². The Morgan fingerprint density at radius 3 is 2.34 bits per heavy atom. The van der Waals surface area contributed by atoms with Gasteiger partial charge in [-0.25, -0.2) is 23.5 Å². The lowest BCUT2D eigenvalue weighted by Crippen LogP contribution is -2.71. The zero-order chi connectivity index (χ0) is 27.6. The quantitative estimate of drug-likeness (QED) is 0.428. The summed E-state index contributed by atoms with van der Waals surface area (Å²) in [4.78, 5) is 21.3. The summed E-state index contributed by atoms with van der Waals surface area (Å²) in [6.07, 6.45) is -9.36. The number of carbonyl (C=O) groups is 1. The Kier molecular flexibility index (Phi) is 5.83. The number of halogens is 8. The van der Waals surface area contributed by atoms with Crippen molar-refractivity contribution in [1.82, 2.24) is 25.1 Å². The maximum atomic E-state index is 14.8. The molecule has 1 aromatic carbocycles. The fourth-order valence-electron chi connectivity index (χ4n) is 5.09. The van der Waals surface area contributed by atoms with Crippen LogP contribution in [0.2, 0.25) is 0 Å². The number of benzene rings is 1. The Labute approximate surface area is 208 Å². The normalized spacial score (nSPS) is 23.2. The van der Waals surface area contributed by atoms with Crippen LogP contribution in [0.25, 0.3) is 11.4 Å². The molecule has 202 valence electrons. The Hall–Kier alpha value is -3.85. The van der Waals surface area contributed by atoms with E-state index in [2.05, 4.69) is 25.5 Å². The minimum Gasteiger partial charge on any atom is -0.423 e. The van der Waals surface area contributed by atoms with E-state index >= 15 is 0 Å². The van der Waals surface area contributed by atoms with Crippen LogP contribution in [0, 0.1) is 24.5 Å². The van der Waals surface area contributed by atoms with Crippen molar-refractivity contribution in [3.63, 3.8) is 0 Å². The van der Waals surface area contributed by atoms with Crippen LogP contribution >= 0.6 is 0 Å². The first-order chi connectivity index (χ1) is 17.7. The summed E-state index contributed by atoms with van der Waals surface area (Å²) in [6, 6.07) is -1.27. The maximum Gasteiger partial charge on any atom is 0.417 e. The van der Waals surface area contributed by atoms with Crippen LogP contribution in [-0.2, 0) is 11.7 Å². The molecule has 1 N–H and O–H groups in total. The number of aryl methyl sites for hydroxylation is 1. The fourth-order valence-corrected chi connectivity index (χ4v) is 5.09. The van der Waals surface area contributed by atoms with Gasteiger partial charge in [-0.1, -0.05) is 0 Å².